The molecule has 13 nitrogen and oxygen atoms in total. The van der Waals surface area contributed by atoms with Crippen molar-refractivity contribution < 1.29 is 34.1 Å². The van der Waals surface area contributed by atoms with Crippen LogP contribution in [-0.2, 0) is 45.3 Å². The Labute approximate surface area is 352 Å². The normalized spacial score (nSPS) is 20.6. The highest BCUT2D eigenvalue weighted by molar-refractivity contribution is 6.31. The van der Waals surface area contributed by atoms with Crippen molar-refractivity contribution in [2.24, 2.45) is 5.41 Å². The van der Waals surface area contributed by atoms with Gasteiger partial charge in [-0.1, -0.05) is 41.9 Å². The van der Waals surface area contributed by atoms with Gasteiger partial charge in [0, 0.05) is 92.6 Å². The van der Waals surface area contributed by atoms with E-state index in [4.69, 9.17) is 21.1 Å². The first-order chi connectivity index (χ1) is 28.5. The third kappa shape index (κ3) is 12.0. The zero-order chi connectivity index (χ0) is 41.8. The fourth-order valence-electron chi connectivity index (χ4n) is 8.49. The molecule has 3 aromatic rings. The first-order valence-electron chi connectivity index (χ1n) is 20.8. The topological polar surface area (TPSA) is 169 Å². The predicted octanol–water partition coefficient (Wildman–Crippen LogP) is 5.35. The molecule has 1 aromatic heterocycles. The monoisotopic (exact) mass is 828 g/mol. The Balaban J connectivity index is 1.01. The molecule has 316 valence electrons. The number of aromatic nitrogens is 1. The molecule has 6 rings (SSSR count). The van der Waals surface area contributed by atoms with Crippen LogP contribution in [0.4, 0.5) is 0 Å². The smallest absolute Gasteiger partial charge is 0.326 e. The minimum atomic E-state index is -1.59. The number of aliphatic hydroxyl groups excluding tert-OH is 1. The number of hydrogen-bond donors (Lipinski definition) is 3. The number of pyridine rings is 1. The van der Waals surface area contributed by atoms with Gasteiger partial charge >= 0.3 is 5.97 Å². The molecule has 3 aliphatic heterocycles. The molecule has 2 unspecified atom stereocenters. The van der Waals surface area contributed by atoms with E-state index in [1.807, 2.05) is 28.0 Å². The van der Waals surface area contributed by atoms with E-state index >= 15 is 0 Å². The molecule has 59 heavy (non-hydrogen) atoms. The molecule has 0 saturated carbocycles. The maximum Gasteiger partial charge on any atom is 0.326 e. The molecule has 3 aliphatic rings. The summed E-state index contributed by atoms with van der Waals surface area (Å²) in [5.41, 5.74) is 1.82. The third-order valence-electron chi connectivity index (χ3n) is 12.1. The third-order valence-corrected chi connectivity index (χ3v) is 12.4. The number of carbonyl (C=O) groups excluding carboxylic acids is 2. The summed E-state index contributed by atoms with van der Waals surface area (Å²) in [5, 5.41) is 32.0. The van der Waals surface area contributed by atoms with Crippen LogP contribution < -0.4 is 10.1 Å². The summed E-state index contributed by atoms with van der Waals surface area (Å²) >= 11 is 6.78. The Bertz CT molecular complexity index is 1960. The first-order valence-corrected chi connectivity index (χ1v) is 21.2. The Morgan fingerprint density at radius 1 is 0.983 bits per heavy atom. The molecule has 3 fully saturated rings. The van der Waals surface area contributed by atoms with Crippen LogP contribution in [0.3, 0.4) is 0 Å². The summed E-state index contributed by atoms with van der Waals surface area (Å²) in [6, 6.07) is 17.5. The summed E-state index contributed by atoms with van der Waals surface area (Å²) < 4.78 is 12.3. The fourth-order valence-corrected chi connectivity index (χ4v) is 8.77. The molecule has 4 heterocycles. The highest BCUT2D eigenvalue weighted by Crippen LogP contribution is 2.39. The van der Waals surface area contributed by atoms with Crippen LogP contribution in [0.2, 0.25) is 5.02 Å². The lowest BCUT2D eigenvalue weighted by atomic mass is 9.73. The van der Waals surface area contributed by atoms with Crippen LogP contribution in [-0.4, -0.2) is 112 Å². The number of hydrogen-bond acceptors (Lipinski definition) is 10. The molecule has 1 spiro atoms. The van der Waals surface area contributed by atoms with E-state index < -0.39 is 18.1 Å². The summed E-state index contributed by atoms with van der Waals surface area (Å²) in [6.07, 6.45) is 10.0. The zero-order valence-electron chi connectivity index (χ0n) is 34.0. The minimum Gasteiger partial charge on any atom is -0.489 e. The molecule has 3 atom stereocenters. The number of benzene rings is 2. The summed E-state index contributed by atoms with van der Waals surface area (Å²) in [7, 11) is 0. The van der Waals surface area contributed by atoms with Gasteiger partial charge in [0.1, 0.15) is 24.0 Å². The minimum absolute atomic E-state index is 0.0351. The number of piperidine rings is 2. The Hall–Kier alpha value is -4.58. The number of halogens is 1. The summed E-state index contributed by atoms with van der Waals surface area (Å²) in [4.78, 5) is 49.6. The molecule has 2 amide bonds. The number of aliphatic hydroxyl groups is 1. The van der Waals surface area contributed by atoms with Gasteiger partial charge in [0.15, 0.2) is 0 Å². The van der Waals surface area contributed by atoms with Crippen molar-refractivity contribution in [2.45, 2.75) is 96.1 Å². The number of nitriles is 1. The number of ether oxygens (including phenoxy) is 2. The standard InChI is InChI=1S/C45H57ClN6O7/c1-44(32-53,43(56)57)49-26-37-21-39(46)36(22-40(37)59-29-35-20-34(23-47)24-48-25-35)11-12-42(55)52-18-7-15-45(31-52)14-6-17-51(30-45)41(54)10-5-16-50-19-13-38(27-50)58-28-33-8-3-2-4-9-33/h2-4,8-9,20-22,24-25,38,49,53H,5-7,10-19,26-32H2,1H3,(H,56,57)/t38-,44?,45?/m1/s1. The number of carboxylic acids is 1. The lowest BCUT2D eigenvalue weighted by molar-refractivity contribution is -0.146. The Kier molecular flexibility index (Phi) is 15.4. The van der Waals surface area contributed by atoms with Gasteiger partial charge < -0.3 is 34.4 Å². The van der Waals surface area contributed by atoms with Gasteiger partial charge in [-0.05, 0) is 87.7 Å². The Morgan fingerprint density at radius 3 is 2.41 bits per heavy atom. The second kappa shape index (κ2) is 20.6. The maximum absolute atomic E-state index is 13.8. The number of aliphatic carboxylic acids is 1. The SMILES string of the molecule is CC(CO)(NCc1cc(Cl)c(CCC(=O)N2CCCC3(CCCN(C(=O)CCCN4CC[C@@H](OCc5ccccc5)C4)C3)C2)cc1OCc1cncc(C#N)c1)C(=O)O. The van der Waals surface area contributed by atoms with E-state index in [2.05, 4.69) is 33.4 Å². The van der Waals surface area contributed by atoms with Crippen molar-refractivity contribution in [3.8, 4) is 11.8 Å². The molecular weight excluding hydrogens is 772 g/mol. The average molecular weight is 829 g/mol. The van der Waals surface area contributed by atoms with Crippen molar-refractivity contribution in [3.05, 3.63) is 93.8 Å². The molecule has 3 saturated heterocycles. The second-order valence-corrected chi connectivity index (χ2v) is 17.0. The fraction of sp³-hybridized carbons (Fsp3) is 0.533. The lowest BCUT2D eigenvalue weighted by Crippen LogP contribution is -2.54. The van der Waals surface area contributed by atoms with Gasteiger partial charge in [-0.3, -0.25) is 24.7 Å². The number of nitrogens with zero attached hydrogens (tertiary/aromatic N) is 5. The van der Waals surface area contributed by atoms with Crippen molar-refractivity contribution in [3.63, 3.8) is 0 Å². The molecule has 0 radical (unpaired) electrons. The van der Waals surface area contributed by atoms with Crippen LogP contribution in [0.5, 0.6) is 5.75 Å². The maximum atomic E-state index is 13.8. The molecular formula is C45H57ClN6O7. The highest BCUT2D eigenvalue weighted by atomic mass is 35.5. The van der Waals surface area contributed by atoms with E-state index in [0.717, 1.165) is 64.7 Å². The molecule has 14 heteroatoms. The first kappa shape index (κ1) is 44.0. The largest absolute Gasteiger partial charge is 0.489 e. The van der Waals surface area contributed by atoms with Crippen molar-refractivity contribution in [2.75, 3.05) is 52.4 Å². The van der Waals surface area contributed by atoms with Crippen molar-refractivity contribution >= 4 is 29.4 Å². The van der Waals surface area contributed by atoms with Crippen molar-refractivity contribution in [1.82, 2.24) is 25.0 Å². The van der Waals surface area contributed by atoms with Gasteiger partial charge in [-0.25, -0.2) is 0 Å². The number of rotatable bonds is 18. The molecule has 0 bridgehead atoms. The van der Waals surface area contributed by atoms with Gasteiger partial charge in [0.25, 0.3) is 0 Å². The number of amides is 2. The number of carboxylic acid groups (broad SMARTS) is 1. The summed E-state index contributed by atoms with van der Waals surface area (Å²) in [6.45, 7) is 7.04. The van der Waals surface area contributed by atoms with Gasteiger partial charge in [0.05, 0.1) is 24.9 Å². The van der Waals surface area contributed by atoms with Gasteiger partial charge in [0.2, 0.25) is 11.8 Å². The van der Waals surface area contributed by atoms with Gasteiger partial charge in [-0.15, -0.1) is 0 Å². The van der Waals surface area contributed by atoms with Crippen LogP contribution in [0.25, 0.3) is 0 Å². The van der Waals surface area contributed by atoms with Crippen LogP contribution >= 0.6 is 11.6 Å². The average Bonchev–Trinajstić information content (AvgIpc) is 3.71. The number of aryl methyl sites for hydroxylation is 1. The van der Waals surface area contributed by atoms with E-state index in [1.54, 1.807) is 24.4 Å². The number of likely N-dealkylation sites (tertiary alicyclic amines) is 3. The van der Waals surface area contributed by atoms with E-state index in [1.165, 1.54) is 18.7 Å². The molecule has 0 aliphatic carbocycles. The molecule has 2 aromatic carbocycles. The van der Waals surface area contributed by atoms with Crippen LogP contribution in [0.1, 0.15) is 86.1 Å². The van der Waals surface area contributed by atoms with E-state index in [-0.39, 0.29) is 42.9 Å². The number of nitrogens with one attached hydrogen (secondary N) is 1. The second-order valence-electron chi connectivity index (χ2n) is 16.6. The summed E-state index contributed by atoms with van der Waals surface area (Å²) in [5.74, 6) is -0.539. The van der Waals surface area contributed by atoms with Crippen molar-refractivity contribution in [1.29, 1.82) is 5.26 Å². The van der Waals surface area contributed by atoms with E-state index in [0.29, 0.717) is 72.1 Å². The zero-order valence-corrected chi connectivity index (χ0v) is 34.8. The van der Waals surface area contributed by atoms with E-state index in [9.17, 15) is 29.9 Å². The predicted molar refractivity (Wildman–Crippen MR) is 222 cm³/mol. The quantitative estimate of drug-likeness (QED) is 0.151. The molecule has 3 N–H and O–H groups in total. The van der Waals surface area contributed by atoms with Crippen LogP contribution in [0.15, 0.2) is 60.9 Å². The van der Waals surface area contributed by atoms with Crippen LogP contribution in [0, 0.1) is 16.7 Å². The number of carbonyl (C=O) groups is 3. The van der Waals surface area contributed by atoms with Gasteiger partial charge in [-0.2, -0.15) is 5.26 Å². The lowest BCUT2D eigenvalue weighted by Gasteiger charge is -2.48. The Morgan fingerprint density at radius 2 is 1.71 bits per heavy atom. The highest BCUT2D eigenvalue weighted by Gasteiger charge is 2.41.